The molecule has 16 heavy (non-hydrogen) atoms. The van der Waals surface area contributed by atoms with E-state index in [0.717, 1.165) is 45.6 Å². The second-order valence-electron chi connectivity index (χ2n) is 4.28. The minimum absolute atomic E-state index is 0.567. The molecule has 0 aliphatic carbocycles. The van der Waals surface area contributed by atoms with Gasteiger partial charge in [0.1, 0.15) is 0 Å². The van der Waals surface area contributed by atoms with Crippen LogP contribution in [0.2, 0.25) is 0 Å². The lowest BCUT2D eigenvalue weighted by molar-refractivity contribution is 0.144. The van der Waals surface area contributed by atoms with E-state index in [2.05, 4.69) is 24.2 Å². The summed E-state index contributed by atoms with van der Waals surface area (Å²) < 4.78 is 5.24. The Hall–Kier alpha value is -0.770. The highest BCUT2D eigenvalue weighted by Gasteiger charge is 1.94. The lowest BCUT2D eigenvalue weighted by Gasteiger charge is -2.07. The van der Waals surface area contributed by atoms with Crippen molar-refractivity contribution in [2.24, 2.45) is 16.6 Å². The number of hydrogen-bond acceptors (Lipinski definition) is 2. The molecule has 0 fully saturated rings. The molecule has 0 bridgehead atoms. The molecule has 0 rings (SSSR count). The summed E-state index contributed by atoms with van der Waals surface area (Å²) in [5.74, 6) is 1.27. The number of nitrogens with zero attached hydrogens (tertiary/aromatic N) is 1. The van der Waals surface area contributed by atoms with Gasteiger partial charge in [-0.05, 0) is 32.1 Å². The monoisotopic (exact) mass is 229 g/mol. The van der Waals surface area contributed by atoms with E-state index in [9.17, 15) is 0 Å². The molecule has 3 N–H and O–H groups in total. The molecule has 0 atom stereocenters. The number of ether oxygens (including phenoxy) is 1. The maximum absolute atomic E-state index is 5.71. The highest BCUT2D eigenvalue weighted by Crippen LogP contribution is 1.96. The summed E-state index contributed by atoms with van der Waals surface area (Å²) in [6, 6.07) is 0. The van der Waals surface area contributed by atoms with Crippen molar-refractivity contribution >= 4 is 5.96 Å². The molecule has 4 nitrogen and oxygen atoms in total. The molecule has 0 radical (unpaired) electrons. The second-order valence-corrected chi connectivity index (χ2v) is 4.28. The highest BCUT2D eigenvalue weighted by molar-refractivity contribution is 5.77. The van der Waals surface area contributed by atoms with Gasteiger partial charge in [0.15, 0.2) is 5.96 Å². The summed E-state index contributed by atoms with van der Waals surface area (Å²) in [5, 5.41) is 3.11. The standard InChI is InChI=1S/C12H27N3O/c1-4-16-10-6-5-8-14-12(13)15-9-7-11(2)3/h11H,4-10H2,1-3H3,(H3,13,14,15). The van der Waals surface area contributed by atoms with Gasteiger partial charge in [-0.3, -0.25) is 4.99 Å². The first-order valence-electron chi connectivity index (χ1n) is 6.28. The Morgan fingerprint density at radius 1 is 1.38 bits per heavy atom. The summed E-state index contributed by atoms with van der Waals surface area (Å²) in [6.45, 7) is 9.72. The SMILES string of the molecule is CCOCCCCN=C(N)NCCC(C)C. The number of hydrogen-bond donors (Lipinski definition) is 2. The van der Waals surface area contributed by atoms with Gasteiger partial charge in [-0.15, -0.1) is 0 Å². The lowest BCUT2D eigenvalue weighted by Crippen LogP contribution is -2.33. The van der Waals surface area contributed by atoms with Gasteiger partial charge in [0.25, 0.3) is 0 Å². The van der Waals surface area contributed by atoms with E-state index in [-0.39, 0.29) is 0 Å². The Bertz CT molecular complexity index is 181. The van der Waals surface area contributed by atoms with Crippen molar-refractivity contribution in [1.29, 1.82) is 0 Å². The third kappa shape index (κ3) is 11.3. The first-order valence-corrected chi connectivity index (χ1v) is 6.28. The Kier molecular flexibility index (Phi) is 10.2. The molecule has 0 heterocycles. The number of unbranched alkanes of at least 4 members (excludes halogenated alkanes) is 1. The van der Waals surface area contributed by atoms with Crippen LogP contribution in [-0.2, 0) is 4.74 Å². The van der Waals surface area contributed by atoms with Gasteiger partial charge < -0.3 is 15.8 Å². The predicted octanol–water partition coefficient (Wildman–Crippen LogP) is 1.75. The third-order valence-electron chi connectivity index (χ3n) is 2.21. The van der Waals surface area contributed by atoms with Crippen molar-refractivity contribution < 1.29 is 4.74 Å². The Morgan fingerprint density at radius 2 is 2.12 bits per heavy atom. The molecule has 0 saturated heterocycles. The van der Waals surface area contributed by atoms with Crippen LogP contribution in [0.4, 0.5) is 0 Å². The quantitative estimate of drug-likeness (QED) is 0.360. The van der Waals surface area contributed by atoms with Crippen molar-refractivity contribution in [3.8, 4) is 0 Å². The van der Waals surface area contributed by atoms with E-state index in [1.54, 1.807) is 0 Å². The van der Waals surface area contributed by atoms with Crippen molar-refractivity contribution in [2.75, 3.05) is 26.3 Å². The van der Waals surface area contributed by atoms with E-state index < -0.39 is 0 Å². The molecule has 0 aromatic rings. The van der Waals surface area contributed by atoms with Gasteiger partial charge in [0.2, 0.25) is 0 Å². The lowest BCUT2D eigenvalue weighted by atomic mass is 10.1. The molecule has 0 saturated carbocycles. The molecular formula is C12H27N3O. The van der Waals surface area contributed by atoms with Crippen molar-refractivity contribution in [3.05, 3.63) is 0 Å². The minimum atomic E-state index is 0.567. The van der Waals surface area contributed by atoms with Gasteiger partial charge in [0.05, 0.1) is 0 Å². The summed E-state index contributed by atoms with van der Waals surface area (Å²) in [4.78, 5) is 4.25. The van der Waals surface area contributed by atoms with Crippen LogP contribution in [0.5, 0.6) is 0 Å². The molecule has 0 aromatic carbocycles. The van der Waals surface area contributed by atoms with Crippen LogP contribution in [0.1, 0.15) is 40.0 Å². The van der Waals surface area contributed by atoms with E-state index in [4.69, 9.17) is 10.5 Å². The zero-order valence-electron chi connectivity index (χ0n) is 11.0. The summed E-state index contributed by atoms with van der Waals surface area (Å²) >= 11 is 0. The minimum Gasteiger partial charge on any atom is -0.382 e. The second kappa shape index (κ2) is 10.7. The third-order valence-corrected chi connectivity index (χ3v) is 2.21. The maximum atomic E-state index is 5.71. The molecule has 0 aliphatic heterocycles. The van der Waals surface area contributed by atoms with Crippen molar-refractivity contribution in [2.45, 2.75) is 40.0 Å². The summed E-state index contributed by atoms with van der Waals surface area (Å²) in [5.41, 5.74) is 5.71. The van der Waals surface area contributed by atoms with Crippen molar-refractivity contribution in [1.82, 2.24) is 5.32 Å². The van der Waals surface area contributed by atoms with E-state index in [0.29, 0.717) is 11.9 Å². The zero-order valence-corrected chi connectivity index (χ0v) is 11.0. The first kappa shape index (κ1) is 15.2. The maximum Gasteiger partial charge on any atom is 0.188 e. The van der Waals surface area contributed by atoms with Crippen LogP contribution in [0.25, 0.3) is 0 Å². The van der Waals surface area contributed by atoms with Crippen LogP contribution in [-0.4, -0.2) is 32.3 Å². The van der Waals surface area contributed by atoms with Crippen LogP contribution in [0.15, 0.2) is 4.99 Å². The van der Waals surface area contributed by atoms with E-state index in [1.807, 2.05) is 6.92 Å². The number of nitrogens with two attached hydrogens (primary N) is 1. The molecule has 0 aromatic heterocycles. The Balaban J connectivity index is 3.33. The normalized spacial score (nSPS) is 12.1. The van der Waals surface area contributed by atoms with Crippen LogP contribution in [0, 0.1) is 5.92 Å². The average molecular weight is 229 g/mol. The number of nitrogens with one attached hydrogen (secondary N) is 1. The van der Waals surface area contributed by atoms with Crippen LogP contribution < -0.4 is 11.1 Å². The van der Waals surface area contributed by atoms with E-state index >= 15 is 0 Å². The topological polar surface area (TPSA) is 59.6 Å². The molecule has 4 heteroatoms. The molecule has 0 spiro atoms. The fourth-order valence-electron chi connectivity index (χ4n) is 1.20. The van der Waals surface area contributed by atoms with Gasteiger partial charge in [0, 0.05) is 26.3 Å². The summed E-state index contributed by atoms with van der Waals surface area (Å²) in [6.07, 6.45) is 3.21. The number of guanidine groups is 1. The zero-order chi connectivity index (χ0) is 12.2. The van der Waals surface area contributed by atoms with Crippen molar-refractivity contribution in [3.63, 3.8) is 0 Å². The Labute approximate surface area is 99.7 Å². The smallest absolute Gasteiger partial charge is 0.188 e. The molecular weight excluding hydrogens is 202 g/mol. The molecule has 0 aliphatic rings. The van der Waals surface area contributed by atoms with E-state index in [1.165, 1.54) is 0 Å². The fourth-order valence-corrected chi connectivity index (χ4v) is 1.20. The molecule has 96 valence electrons. The Morgan fingerprint density at radius 3 is 2.75 bits per heavy atom. The van der Waals surface area contributed by atoms with Crippen LogP contribution >= 0.6 is 0 Å². The number of rotatable bonds is 9. The van der Waals surface area contributed by atoms with Gasteiger partial charge in [-0.1, -0.05) is 13.8 Å². The molecule has 0 unspecified atom stereocenters. The van der Waals surface area contributed by atoms with Crippen LogP contribution in [0.3, 0.4) is 0 Å². The van der Waals surface area contributed by atoms with Gasteiger partial charge >= 0.3 is 0 Å². The predicted molar refractivity (Wildman–Crippen MR) is 69.7 cm³/mol. The van der Waals surface area contributed by atoms with Gasteiger partial charge in [-0.2, -0.15) is 0 Å². The number of aliphatic imine (C=N–C) groups is 1. The highest BCUT2D eigenvalue weighted by atomic mass is 16.5. The fraction of sp³-hybridized carbons (Fsp3) is 0.917. The molecule has 0 amide bonds. The largest absolute Gasteiger partial charge is 0.382 e. The van der Waals surface area contributed by atoms with Gasteiger partial charge in [-0.25, -0.2) is 0 Å². The average Bonchev–Trinajstić information content (AvgIpc) is 2.22. The summed E-state index contributed by atoms with van der Waals surface area (Å²) in [7, 11) is 0. The first-order chi connectivity index (χ1) is 7.66.